The van der Waals surface area contributed by atoms with Gasteiger partial charge in [0, 0.05) is 23.7 Å². The number of carboxylic acid groups (broad SMARTS) is 1. The molecule has 0 aromatic heterocycles. The molecule has 1 spiro atoms. The Labute approximate surface area is 383 Å². The number of carbonyl (C=O) groups excluding carboxylic acids is 2. The lowest BCUT2D eigenvalue weighted by Crippen LogP contribution is -2.62. The van der Waals surface area contributed by atoms with Crippen LogP contribution in [0.3, 0.4) is 0 Å². The number of hydrogen-bond donors (Lipinski definition) is 4. The van der Waals surface area contributed by atoms with E-state index in [0.29, 0.717) is 57.8 Å². The Bertz CT molecular complexity index is 1600. The van der Waals surface area contributed by atoms with Crippen molar-refractivity contribution in [2.24, 2.45) is 41.4 Å². The Morgan fingerprint density at radius 3 is 2.17 bits per heavy atom. The van der Waals surface area contributed by atoms with Gasteiger partial charge in [-0.15, -0.1) is 0 Å². The van der Waals surface area contributed by atoms with E-state index in [1.54, 1.807) is 6.92 Å². The van der Waals surface area contributed by atoms with Crippen molar-refractivity contribution in [3.8, 4) is 0 Å². The molecule has 0 aromatic rings. The molecule has 64 heavy (non-hydrogen) atoms. The minimum Gasteiger partial charge on any atom is -0.481 e. The molecular weight excluding hydrogens is 823 g/mol. The molecule has 5 aliphatic rings. The van der Waals surface area contributed by atoms with Gasteiger partial charge in [0.15, 0.2) is 5.79 Å². The van der Waals surface area contributed by atoms with Crippen LogP contribution in [0.4, 0.5) is 4.79 Å². The highest BCUT2D eigenvalue weighted by Crippen LogP contribution is 2.49. The molecule has 0 saturated carbocycles. The first-order valence-electron chi connectivity index (χ1n) is 24.7. The van der Waals surface area contributed by atoms with Crippen LogP contribution in [-0.4, -0.2) is 124 Å². The van der Waals surface area contributed by atoms with Gasteiger partial charge in [-0.25, -0.2) is 4.79 Å². The Balaban J connectivity index is 1.36. The maximum absolute atomic E-state index is 14.7. The molecule has 14 heteroatoms. The molecular formula is C50H85NO13. The lowest BCUT2D eigenvalue weighted by molar-refractivity contribution is -0.327. The number of aliphatic hydroxyl groups is 2. The van der Waals surface area contributed by atoms with Crippen molar-refractivity contribution in [3.05, 3.63) is 12.2 Å². The summed E-state index contributed by atoms with van der Waals surface area (Å²) in [7, 11) is 0. The van der Waals surface area contributed by atoms with E-state index >= 15 is 0 Å². The standard InChI is InChI=1S/C50H85NO13/c1-14-34(45(54)55)37-18-17-28(4)42(61-37)32(8)40(52)31(7)41(53)35(15-2)43-29(5)27-30(6)50(63-43)24-19-36(51-46(56)58-25-26-59-47(10,11)12)44(64-50)38-20-22-48(13,62-38)39-21-23-49(57,16-3)33(9)60-39/h19,24,28-40,42-44,52,57H,14-18,20-23,25-27H2,1-13H3,(H,51,56)(H,54,55)/t28-,29-,30+,31-,32-,33-,34+,35-,36+,37+,38?,39+,40+,42+,43-,44?,48-,49+,50-/m0/s1. The van der Waals surface area contributed by atoms with Crippen LogP contribution in [0.2, 0.25) is 0 Å². The fourth-order valence-electron chi connectivity index (χ4n) is 11.5. The number of carboxylic acids is 1. The molecule has 4 N–H and O–H groups in total. The van der Waals surface area contributed by atoms with E-state index in [9.17, 15) is 29.7 Å². The number of aliphatic carboxylic acids is 1. The number of ketones is 1. The van der Waals surface area contributed by atoms with Crippen LogP contribution in [-0.2, 0) is 42.7 Å². The Morgan fingerprint density at radius 2 is 1.56 bits per heavy atom. The van der Waals surface area contributed by atoms with Gasteiger partial charge in [0.2, 0.25) is 0 Å². The topological polar surface area (TPSA) is 189 Å². The number of amides is 1. The first-order valence-corrected chi connectivity index (χ1v) is 24.7. The zero-order valence-corrected chi connectivity index (χ0v) is 41.3. The molecule has 1 amide bonds. The highest BCUT2D eigenvalue weighted by atomic mass is 16.7. The molecule has 19 atom stereocenters. The molecule has 5 heterocycles. The van der Waals surface area contributed by atoms with Crippen molar-refractivity contribution >= 4 is 17.8 Å². The number of aliphatic hydroxyl groups excluding tert-OH is 1. The normalized spacial score (nSPS) is 40.6. The molecule has 0 aromatic carbocycles. The largest absolute Gasteiger partial charge is 0.481 e. The van der Waals surface area contributed by atoms with Crippen molar-refractivity contribution in [2.45, 2.75) is 232 Å². The first-order chi connectivity index (χ1) is 29.9. The minimum atomic E-state index is -1.25. The van der Waals surface area contributed by atoms with Crippen LogP contribution >= 0.6 is 0 Å². The van der Waals surface area contributed by atoms with Gasteiger partial charge >= 0.3 is 12.1 Å². The highest BCUT2D eigenvalue weighted by Gasteiger charge is 2.57. The second-order valence-electron chi connectivity index (χ2n) is 21.5. The number of rotatable bonds is 17. The predicted molar refractivity (Wildman–Crippen MR) is 241 cm³/mol. The van der Waals surface area contributed by atoms with Crippen molar-refractivity contribution in [2.75, 3.05) is 13.2 Å². The monoisotopic (exact) mass is 908 g/mol. The molecule has 2 unspecified atom stereocenters. The Hall–Kier alpha value is -2.17. The first kappa shape index (κ1) is 52.8. The maximum Gasteiger partial charge on any atom is 0.407 e. The van der Waals surface area contributed by atoms with Gasteiger partial charge < -0.3 is 53.8 Å². The Morgan fingerprint density at radius 1 is 0.875 bits per heavy atom. The summed E-state index contributed by atoms with van der Waals surface area (Å²) in [5.41, 5.74) is -1.93. The van der Waals surface area contributed by atoms with Crippen LogP contribution in [0.5, 0.6) is 0 Å². The second-order valence-corrected chi connectivity index (χ2v) is 21.5. The van der Waals surface area contributed by atoms with E-state index in [2.05, 4.69) is 33.0 Å². The average Bonchev–Trinajstić information content (AvgIpc) is 3.65. The number of ether oxygens (including phenoxy) is 7. The van der Waals surface area contributed by atoms with E-state index in [0.717, 1.165) is 6.42 Å². The number of Topliss-reactive ketones (excluding diaryl/α,β-unsaturated/α-hetero) is 1. The number of hydrogen-bond acceptors (Lipinski definition) is 12. The smallest absolute Gasteiger partial charge is 0.407 e. The molecule has 0 aliphatic carbocycles. The summed E-state index contributed by atoms with van der Waals surface area (Å²) >= 11 is 0. The highest BCUT2D eigenvalue weighted by molar-refractivity contribution is 5.84. The lowest BCUT2D eigenvalue weighted by Gasteiger charge is -2.52. The molecule has 14 nitrogen and oxygen atoms in total. The minimum absolute atomic E-state index is 0.0180. The van der Waals surface area contributed by atoms with Gasteiger partial charge in [-0.1, -0.05) is 61.5 Å². The summed E-state index contributed by atoms with van der Waals surface area (Å²) in [4.78, 5) is 40.0. The average molecular weight is 908 g/mol. The summed E-state index contributed by atoms with van der Waals surface area (Å²) in [5, 5.41) is 35.9. The van der Waals surface area contributed by atoms with Crippen molar-refractivity contribution < 1.29 is 62.9 Å². The maximum atomic E-state index is 14.7. The SMILES string of the molecule is CC[C@@H](C(=O)[C@@H](C)[C@@H](O)[C@H](C)[C@@H]1O[C@@H]([C@@H](CC)C(=O)O)CC[C@@H]1C)[C@H]1O[C@]2(C=C[C@@H](NC(=O)OCCOC(C)(C)C)C(C3CC[C@@](C)([C@H]4CC[C@](O)(CC)[C@H](C)O4)O3)O2)[C@H](C)C[C@@H]1C. The molecule has 4 fully saturated rings. The van der Waals surface area contributed by atoms with Gasteiger partial charge in [0.25, 0.3) is 0 Å². The quantitative estimate of drug-likeness (QED) is 0.0819. The van der Waals surface area contributed by atoms with Gasteiger partial charge in [-0.3, -0.25) is 9.59 Å². The van der Waals surface area contributed by atoms with Crippen molar-refractivity contribution in [3.63, 3.8) is 0 Å². The molecule has 0 bridgehead atoms. The lowest BCUT2D eigenvalue weighted by atomic mass is 9.72. The summed E-state index contributed by atoms with van der Waals surface area (Å²) < 4.78 is 45.5. The molecule has 368 valence electrons. The van der Waals surface area contributed by atoms with E-state index < -0.39 is 95.4 Å². The summed E-state index contributed by atoms with van der Waals surface area (Å²) in [6, 6.07) is -0.633. The number of nitrogens with one attached hydrogen (secondary N) is 1. The van der Waals surface area contributed by atoms with Gasteiger partial charge in [-0.2, -0.15) is 0 Å². The van der Waals surface area contributed by atoms with Gasteiger partial charge in [0.1, 0.15) is 18.5 Å². The molecule has 0 radical (unpaired) electrons. The zero-order chi connectivity index (χ0) is 47.5. The second kappa shape index (κ2) is 21.4. The number of alkyl carbamates (subject to hydrolysis) is 1. The van der Waals surface area contributed by atoms with Crippen LogP contribution in [0.1, 0.15) is 154 Å². The van der Waals surface area contributed by atoms with Crippen LogP contribution in [0.25, 0.3) is 0 Å². The van der Waals surface area contributed by atoms with E-state index in [1.807, 2.05) is 67.5 Å². The summed E-state index contributed by atoms with van der Waals surface area (Å²) in [6.07, 6.45) is 5.23. The van der Waals surface area contributed by atoms with Crippen LogP contribution in [0.15, 0.2) is 12.2 Å². The summed E-state index contributed by atoms with van der Waals surface area (Å²) in [5.74, 6) is -4.62. The van der Waals surface area contributed by atoms with Gasteiger partial charge in [0.05, 0.1) is 78.1 Å². The summed E-state index contributed by atoms with van der Waals surface area (Å²) in [6.45, 7) is 25.8. The van der Waals surface area contributed by atoms with E-state index in [4.69, 9.17) is 33.2 Å². The zero-order valence-electron chi connectivity index (χ0n) is 41.3. The van der Waals surface area contributed by atoms with Crippen molar-refractivity contribution in [1.82, 2.24) is 5.32 Å². The van der Waals surface area contributed by atoms with Crippen LogP contribution < -0.4 is 5.32 Å². The third kappa shape index (κ3) is 11.7. The molecule has 5 aliphatic heterocycles. The molecule has 5 rings (SSSR count). The predicted octanol–water partition coefficient (Wildman–Crippen LogP) is 7.78. The molecule has 4 saturated heterocycles. The van der Waals surface area contributed by atoms with Gasteiger partial charge in [-0.05, 0) is 117 Å². The fraction of sp³-hybridized carbons (Fsp3) is 0.900. The fourth-order valence-corrected chi connectivity index (χ4v) is 11.5. The Kier molecular flexibility index (Phi) is 17.7. The van der Waals surface area contributed by atoms with E-state index in [-0.39, 0.29) is 54.6 Å². The van der Waals surface area contributed by atoms with E-state index in [1.165, 1.54) is 0 Å². The van der Waals surface area contributed by atoms with Crippen LogP contribution in [0, 0.1) is 41.4 Å². The number of carbonyl (C=O) groups is 3. The van der Waals surface area contributed by atoms with Crippen molar-refractivity contribution in [1.29, 1.82) is 0 Å². The third-order valence-corrected chi connectivity index (χ3v) is 15.8. The third-order valence-electron chi connectivity index (χ3n) is 15.8.